The van der Waals surface area contributed by atoms with Crippen LogP contribution in [0, 0.1) is 0 Å². The number of hydrogen-bond donors (Lipinski definition) is 1. The Bertz CT molecular complexity index is 417. The van der Waals surface area contributed by atoms with Gasteiger partial charge in [-0.3, -0.25) is 0 Å². The molecule has 0 amide bonds. The van der Waals surface area contributed by atoms with Crippen LogP contribution >= 0.6 is 15.9 Å². The SMILES string of the molecule is CC(C)NCc1ccc(Br)cc1N1CCCCC1C. The summed E-state index contributed by atoms with van der Waals surface area (Å²) in [5, 5.41) is 3.53. The van der Waals surface area contributed by atoms with Crippen LogP contribution in [0.4, 0.5) is 5.69 Å². The lowest BCUT2D eigenvalue weighted by Crippen LogP contribution is -2.38. The molecule has 2 rings (SSSR count). The molecule has 0 radical (unpaired) electrons. The largest absolute Gasteiger partial charge is 0.369 e. The molecular formula is C16H25BrN2. The van der Waals surface area contributed by atoms with Crippen molar-refractivity contribution in [3.05, 3.63) is 28.2 Å². The maximum atomic E-state index is 3.62. The van der Waals surface area contributed by atoms with Gasteiger partial charge in [-0.2, -0.15) is 0 Å². The number of nitrogens with one attached hydrogen (secondary N) is 1. The smallest absolute Gasteiger partial charge is 0.0425 e. The molecule has 2 nitrogen and oxygen atoms in total. The Morgan fingerprint density at radius 2 is 2.16 bits per heavy atom. The molecule has 1 heterocycles. The fourth-order valence-electron chi connectivity index (χ4n) is 2.72. The van der Waals surface area contributed by atoms with E-state index in [0.29, 0.717) is 12.1 Å². The van der Waals surface area contributed by atoms with Crippen molar-refractivity contribution in [2.24, 2.45) is 0 Å². The van der Waals surface area contributed by atoms with Crippen molar-refractivity contribution in [1.29, 1.82) is 0 Å². The minimum atomic E-state index is 0.523. The van der Waals surface area contributed by atoms with E-state index < -0.39 is 0 Å². The summed E-state index contributed by atoms with van der Waals surface area (Å²) in [6.07, 6.45) is 3.99. The van der Waals surface area contributed by atoms with Gasteiger partial charge in [-0.25, -0.2) is 0 Å². The maximum absolute atomic E-state index is 3.62. The summed E-state index contributed by atoms with van der Waals surface area (Å²) in [6, 6.07) is 7.85. The molecule has 0 bridgehead atoms. The van der Waals surface area contributed by atoms with E-state index in [1.807, 2.05) is 0 Å². The van der Waals surface area contributed by atoms with E-state index in [-0.39, 0.29) is 0 Å². The van der Waals surface area contributed by atoms with Crippen LogP contribution in [-0.2, 0) is 6.54 Å². The first-order chi connectivity index (χ1) is 9.08. The number of halogens is 1. The molecule has 19 heavy (non-hydrogen) atoms. The number of nitrogens with zero attached hydrogens (tertiary/aromatic N) is 1. The van der Waals surface area contributed by atoms with Crippen LogP contribution in [0.2, 0.25) is 0 Å². The fourth-order valence-corrected chi connectivity index (χ4v) is 3.07. The molecule has 3 heteroatoms. The Balaban J connectivity index is 2.23. The molecule has 0 spiro atoms. The first-order valence-corrected chi connectivity index (χ1v) is 8.15. The van der Waals surface area contributed by atoms with Gasteiger partial charge < -0.3 is 10.2 Å². The molecule has 1 N–H and O–H groups in total. The Morgan fingerprint density at radius 3 is 2.84 bits per heavy atom. The van der Waals surface area contributed by atoms with Crippen LogP contribution in [0.3, 0.4) is 0 Å². The zero-order chi connectivity index (χ0) is 13.8. The van der Waals surface area contributed by atoms with Gasteiger partial charge in [-0.15, -0.1) is 0 Å². The Labute approximate surface area is 125 Å². The lowest BCUT2D eigenvalue weighted by atomic mass is 10.0. The zero-order valence-electron chi connectivity index (χ0n) is 12.2. The highest BCUT2D eigenvalue weighted by atomic mass is 79.9. The second-order valence-corrected chi connectivity index (χ2v) is 6.76. The monoisotopic (exact) mass is 324 g/mol. The van der Waals surface area contributed by atoms with Crippen LogP contribution < -0.4 is 10.2 Å². The van der Waals surface area contributed by atoms with Gasteiger partial charge >= 0.3 is 0 Å². The van der Waals surface area contributed by atoms with Crippen LogP contribution in [0.5, 0.6) is 0 Å². The highest BCUT2D eigenvalue weighted by Crippen LogP contribution is 2.30. The topological polar surface area (TPSA) is 15.3 Å². The van der Waals surface area contributed by atoms with Gasteiger partial charge in [0.05, 0.1) is 0 Å². The normalized spacial score (nSPS) is 20.1. The van der Waals surface area contributed by atoms with Crippen molar-refractivity contribution in [3.63, 3.8) is 0 Å². The van der Waals surface area contributed by atoms with Gasteiger partial charge in [0.25, 0.3) is 0 Å². The Morgan fingerprint density at radius 1 is 1.37 bits per heavy atom. The lowest BCUT2D eigenvalue weighted by molar-refractivity contribution is 0.482. The van der Waals surface area contributed by atoms with E-state index in [0.717, 1.165) is 6.54 Å². The third kappa shape index (κ3) is 3.96. The van der Waals surface area contributed by atoms with Crippen molar-refractivity contribution in [3.8, 4) is 0 Å². The average Bonchev–Trinajstić information content (AvgIpc) is 2.37. The molecule has 1 aliphatic heterocycles. The Hall–Kier alpha value is -0.540. The minimum Gasteiger partial charge on any atom is -0.369 e. The summed E-state index contributed by atoms with van der Waals surface area (Å²) in [4.78, 5) is 2.58. The summed E-state index contributed by atoms with van der Waals surface area (Å²) in [5.74, 6) is 0. The molecule has 0 saturated carbocycles. The fraction of sp³-hybridized carbons (Fsp3) is 0.625. The highest BCUT2D eigenvalue weighted by molar-refractivity contribution is 9.10. The number of piperidine rings is 1. The van der Waals surface area contributed by atoms with E-state index in [1.165, 1.54) is 41.5 Å². The maximum Gasteiger partial charge on any atom is 0.0425 e. The molecular weight excluding hydrogens is 300 g/mol. The molecule has 106 valence electrons. The van der Waals surface area contributed by atoms with Gasteiger partial charge in [-0.1, -0.05) is 35.8 Å². The van der Waals surface area contributed by atoms with Crippen LogP contribution in [0.1, 0.15) is 45.6 Å². The first kappa shape index (κ1) is 14.9. The quantitative estimate of drug-likeness (QED) is 0.886. The lowest BCUT2D eigenvalue weighted by Gasteiger charge is -2.37. The van der Waals surface area contributed by atoms with Gasteiger partial charge in [0.15, 0.2) is 0 Å². The van der Waals surface area contributed by atoms with Gasteiger partial charge in [0, 0.05) is 35.3 Å². The summed E-state index contributed by atoms with van der Waals surface area (Å²) >= 11 is 3.62. The standard InChI is InChI=1S/C16H25BrN2/c1-12(2)18-11-14-7-8-15(17)10-16(14)19-9-5-4-6-13(19)3/h7-8,10,12-13,18H,4-6,9,11H2,1-3H3. The number of rotatable bonds is 4. The van der Waals surface area contributed by atoms with Gasteiger partial charge in [0.1, 0.15) is 0 Å². The Kier molecular flexibility index (Phi) is 5.28. The molecule has 0 aromatic heterocycles. The summed E-state index contributed by atoms with van der Waals surface area (Å²) < 4.78 is 1.17. The van der Waals surface area contributed by atoms with Gasteiger partial charge in [-0.05, 0) is 43.9 Å². The molecule has 0 aliphatic carbocycles. The highest BCUT2D eigenvalue weighted by Gasteiger charge is 2.21. The van der Waals surface area contributed by atoms with Crippen molar-refractivity contribution in [2.75, 3.05) is 11.4 Å². The van der Waals surface area contributed by atoms with E-state index in [2.05, 4.69) is 65.1 Å². The van der Waals surface area contributed by atoms with Crippen molar-refractivity contribution < 1.29 is 0 Å². The number of benzene rings is 1. The van der Waals surface area contributed by atoms with Crippen molar-refractivity contribution in [1.82, 2.24) is 5.32 Å². The second kappa shape index (κ2) is 6.76. The molecule has 1 unspecified atom stereocenters. The molecule has 1 aromatic carbocycles. The van der Waals surface area contributed by atoms with Crippen LogP contribution in [0.25, 0.3) is 0 Å². The van der Waals surface area contributed by atoms with E-state index in [9.17, 15) is 0 Å². The summed E-state index contributed by atoms with van der Waals surface area (Å²) in [5.41, 5.74) is 2.81. The van der Waals surface area contributed by atoms with E-state index >= 15 is 0 Å². The predicted octanol–water partition coefficient (Wildman–Crippen LogP) is 4.33. The molecule has 1 atom stereocenters. The minimum absolute atomic E-state index is 0.523. The molecule has 1 saturated heterocycles. The van der Waals surface area contributed by atoms with Gasteiger partial charge in [0.2, 0.25) is 0 Å². The summed E-state index contributed by atoms with van der Waals surface area (Å²) in [6.45, 7) is 8.87. The van der Waals surface area contributed by atoms with Crippen molar-refractivity contribution in [2.45, 2.75) is 58.7 Å². The average molecular weight is 325 g/mol. The second-order valence-electron chi connectivity index (χ2n) is 5.85. The van der Waals surface area contributed by atoms with Crippen LogP contribution in [-0.4, -0.2) is 18.6 Å². The first-order valence-electron chi connectivity index (χ1n) is 7.36. The predicted molar refractivity (Wildman–Crippen MR) is 86.8 cm³/mol. The molecule has 1 aromatic rings. The van der Waals surface area contributed by atoms with E-state index in [4.69, 9.17) is 0 Å². The third-order valence-electron chi connectivity index (χ3n) is 3.86. The third-order valence-corrected chi connectivity index (χ3v) is 4.35. The van der Waals surface area contributed by atoms with E-state index in [1.54, 1.807) is 0 Å². The summed E-state index contributed by atoms with van der Waals surface area (Å²) in [7, 11) is 0. The van der Waals surface area contributed by atoms with Crippen LogP contribution in [0.15, 0.2) is 22.7 Å². The van der Waals surface area contributed by atoms with Crippen molar-refractivity contribution >= 4 is 21.6 Å². The number of anilines is 1. The zero-order valence-corrected chi connectivity index (χ0v) is 13.8. The molecule has 1 aliphatic rings. The molecule has 1 fully saturated rings. The number of hydrogen-bond acceptors (Lipinski definition) is 2.